The lowest BCUT2D eigenvalue weighted by molar-refractivity contribution is 0.238. The molecule has 2 rings (SSSR count). The lowest BCUT2D eigenvalue weighted by atomic mass is 10.1. The van der Waals surface area contributed by atoms with Gasteiger partial charge < -0.3 is 20.1 Å². The van der Waals surface area contributed by atoms with Crippen LogP contribution in [0.3, 0.4) is 0 Å². The first-order valence-corrected chi connectivity index (χ1v) is 9.02. The number of carbonyl (C=O) groups excluding carboxylic acids is 1. The van der Waals surface area contributed by atoms with Gasteiger partial charge in [0.25, 0.3) is 0 Å². The van der Waals surface area contributed by atoms with E-state index in [0.29, 0.717) is 13.2 Å². The van der Waals surface area contributed by atoms with Crippen LogP contribution < -0.4 is 20.1 Å². The predicted molar refractivity (Wildman–Crippen MR) is 104 cm³/mol. The molecule has 0 heterocycles. The van der Waals surface area contributed by atoms with Gasteiger partial charge in [-0.05, 0) is 62.1 Å². The average molecular weight is 356 g/mol. The molecule has 0 saturated carbocycles. The van der Waals surface area contributed by atoms with Crippen LogP contribution in [-0.2, 0) is 6.42 Å². The van der Waals surface area contributed by atoms with Gasteiger partial charge in [0.1, 0.15) is 11.5 Å². The molecule has 2 N–H and O–H groups in total. The van der Waals surface area contributed by atoms with E-state index in [4.69, 9.17) is 9.47 Å². The maximum Gasteiger partial charge on any atom is 0.315 e. The Balaban J connectivity index is 1.70. The predicted octanol–water partition coefficient (Wildman–Crippen LogP) is 4.09. The third kappa shape index (κ3) is 6.31. The zero-order chi connectivity index (χ0) is 18.8. The fourth-order valence-electron chi connectivity index (χ4n) is 2.67. The molecule has 0 aliphatic carbocycles. The van der Waals surface area contributed by atoms with Gasteiger partial charge in [0.05, 0.1) is 19.8 Å². The number of rotatable bonds is 9. The van der Waals surface area contributed by atoms with E-state index in [0.717, 1.165) is 29.9 Å². The minimum Gasteiger partial charge on any atom is -0.497 e. The summed E-state index contributed by atoms with van der Waals surface area (Å²) in [7, 11) is 1.66. The molecule has 5 nitrogen and oxygen atoms in total. The van der Waals surface area contributed by atoms with Crippen LogP contribution in [-0.4, -0.2) is 26.3 Å². The Bertz CT molecular complexity index is 686. The molecule has 0 fully saturated rings. The van der Waals surface area contributed by atoms with Crippen LogP contribution in [0.25, 0.3) is 0 Å². The van der Waals surface area contributed by atoms with Crippen molar-refractivity contribution in [2.24, 2.45) is 0 Å². The maximum atomic E-state index is 12.0. The Kier molecular flexibility index (Phi) is 7.80. The van der Waals surface area contributed by atoms with Crippen LogP contribution in [0.1, 0.15) is 37.4 Å². The minimum absolute atomic E-state index is 0.0657. The van der Waals surface area contributed by atoms with Gasteiger partial charge in [0.15, 0.2) is 0 Å². The molecule has 0 bridgehead atoms. The lowest BCUT2D eigenvalue weighted by Gasteiger charge is -2.15. The topological polar surface area (TPSA) is 59.6 Å². The molecule has 2 aromatic carbocycles. The molecule has 140 valence electrons. The van der Waals surface area contributed by atoms with Crippen molar-refractivity contribution in [3.63, 3.8) is 0 Å². The Hall–Kier alpha value is -2.69. The highest BCUT2D eigenvalue weighted by Crippen LogP contribution is 2.17. The molecule has 5 heteroatoms. The molecule has 0 saturated heterocycles. The van der Waals surface area contributed by atoms with Crippen LogP contribution in [0, 0.1) is 0 Å². The number of ether oxygens (including phenoxy) is 2. The van der Waals surface area contributed by atoms with Crippen molar-refractivity contribution < 1.29 is 14.3 Å². The van der Waals surface area contributed by atoms with E-state index >= 15 is 0 Å². The van der Waals surface area contributed by atoms with E-state index in [1.807, 2.05) is 56.3 Å². The SMILES string of the molecule is CCOc1ccc(C(C)NC(=O)NCCCc2cccc(OC)c2)cc1. The Labute approximate surface area is 155 Å². The summed E-state index contributed by atoms with van der Waals surface area (Å²) in [5.74, 6) is 1.70. The highest BCUT2D eigenvalue weighted by Gasteiger charge is 2.09. The third-order valence-electron chi connectivity index (χ3n) is 4.10. The number of benzene rings is 2. The smallest absolute Gasteiger partial charge is 0.315 e. The molecule has 0 spiro atoms. The summed E-state index contributed by atoms with van der Waals surface area (Å²) in [6.45, 7) is 5.19. The number of urea groups is 1. The van der Waals surface area contributed by atoms with E-state index in [2.05, 4.69) is 16.7 Å². The van der Waals surface area contributed by atoms with Gasteiger partial charge in [-0.25, -0.2) is 4.79 Å². The third-order valence-corrected chi connectivity index (χ3v) is 4.10. The number of methoxy groups -OCH3 is 1. The molecule has 0 aromatic heterocycles. The summed E-state index contributed by atoms with van der Waals surface area (Å²) in [6.07, 6.45) is 1.77. The van der Waals surface area contributed by atoms with E-state index in [1.54, 1.807) is 7.11 Å². The van der Waals surface area contributed by atoms with E-state index in [9.17, 15) is 4.79 Å². The second-order valence-corrected chi connectivity index (χ2v) is 6.08. The molecule has 26 heavy (non-hydrogen) atoms. The van der Waals surface area contributed by atoms with Crippen LogP contribution >= 0.6 is 0 Å². The van der Waals surface area contributed by atoms with Crippen molar-refractivity contribution in [1.29, 1.82) is 0 Å². The van der Waals surface area contributed by atoms with E-state index < -0.39 is 0 Å². The van der Waals surface area contributed by atoms with Gasteiger partial charge >= 0.3 is 6.03 Å². The number of aryl methyl sites for hydroxylation is 1. The second-order valence-electron chi connectivity index (χ2n) is 6.08. The fourth-order valence-corrected chi connectivity index (χ4v) is 2.67. The summed E-state index contributed by atoms with van der Waals surface area (Å²) < 4.78 is 10.6. The molecule has 1 unspecified atom stereocenters. The number of amides is 2. The van der Waals surface area contributed by atoms with Crippen LogP contribution in [0.4, 0.5) is 4.79 Å². The van der Waals surface area contributed by atoms with Crippen LogP contribution in [0.15, 0.2) is 48.5 Å². The van der Waals surface area contributed by atoms with Gasteiger partial charge in [-0.15, -0.1) is 0 Å². The summed E-state index contributed by atoms with van der Waals surface area (Å²) >= 11 is 0. The molecule has 1 atom stereocenters. The Morgan fingerprint density at radius 2 is 1.88 bits per heavy atom. The summed E-state index contributed by atoms with van der Waals surface area (Å²) in [5.41, 5.74) is 2.24. The van der Waals surface area contributed by atoms with Crippen molar-refractivity contribution in [2.75, 3.05) is 20.3 Å². The zero-order valence-corrected chi connectivity index (χ0v) is 15.7. The molecule has 0 radical (unpaired) electrons. The molecular formula is C21H28N2O3. The van der Waals surface area contributed by atoms with Gasteiger partial charge in [0.2, 0.25) is 0 Å². The van der Waals surface area contributed by atoms with Crippen molar-refractivity contribution in [3.8, 4) is 11.5 Å². The minimum atomic E-state index is -0.156. The molecule has 0 aliphatic heterocycles. The quantitative estimate of drug-likeness (QED) is 0.666. The first kappa shape index (κ1) is 19.6. The summed E-state index contributed by atoms with van der Waals surface area (Å²) in [5, 5.41) is 5.86. The standard InChI is InChI=1S/C21H28N2O3/c1-4-26-19-12-10-18(11-13-19)16(2)23-21(24)22-14-6-8-17-7-5-9-20(15-17)25-3/h5,7,9-13,15-16H,4,6,8,14H2,1-3H3,(H2,22,23,24). The molecule has 2 amide bonds. The summed E-state index contributed by atoms with van der Waals surface area (Å²) in [6, 6.07) is 15.6. The normalized spacial score (nSPS) is 11.5. The zero-order valence-electron chi connectivity index (χ0n) is 15.7. The van der Waals surface area contributed by atoms with E-state index in [1.165, 1.54) is 5.56 Å². The highest BCUT2D eigenvalue weighted by atomic mass is 16.5. The molecular weight excluding hydrogens is 328 g/mol. The van der Waals surface area contributed by atoms with Crippen molar-refractivity contribution in [3.05, 3.63) is 59.7 Å². The second kappa shape index (κ2) is 10.3. The van der Waals surface area contributed by atoms with Crippen LogP contribution in [0.5, 0.6) is 11.5 Å². The largest absolute Gasteiger partial charge is 0.497 e. The van der Waals surface area contributed by atoms with Crippen molar-refractivity contribution in [2.45, 2.75) is 32.7 Å². The van der Waals surface area contributed by atoms with Gasteiger partial charge in [-0.3, -0.25) is 0 Å². The van der Waals surface area contributed by atoms with Crippen molar-refractivity contribution in [1.82, 2.24) is 10.6 Å². The first-order chi connectivity index (χ1) is 12.6. The molecule has 2 aromatic rings. The molecule has 0 aliphatic rings. The number of carbonyl (C=O) groups is 1. The fraction of sp³-hybridized carbons (Fsp3) is 0.381. The number of nitrogens with one attached hydrogen (secondary N) is 2. The highest BCUT2D eigenvalue weighted by molar-refractivity contribution is 5.74. The average Bonchev–Trinajstić information content (AvgIpc) is 2.66. The number of hydrogen-bond acceptors (Lipinski definition) is 3. The van der Waals surface area contributed by atoms with Crippen molar-refractivity contribution >= 4 is 6.03 Å². The monoisotopic (exact) mass is 356 g/mol. The Morgan fingerprint density at radius 3 is 2.58 bits per heavy atom. The Morgan fingerprint density at radius 1 is 1.12 bits per heavy atom. The maximum absolute atomic E-state index is 12.0. The lowest BCUT2D eigenvalue weighted by Crippen LogP contribution is -2.37. The van der Waals surface area contributed by atoms with Gasteiger partial charge in [0, 0.05) is 6.54 Å². The van der Waals surface area contributed by atoms with Crippen LogP contribution in [0.2, 0.25) is 0 Å². The number of hydrogen-bond donors (Lipinski definition) is 2. The van der Waals surface area contributed by atoms with Gasteiger partial charge in [-0.1, -0.05) is 24.3 Å². The first-order valence-electron chi connectivity index (χ1n) is 9.02. The van der Waals surface area contributed by atoms with Gasteiger partial charge in [-0.2, -0.15) is 0 Å². The summed E-state index contributed by atoms with van der Waals surface area (Å²) in [4.78, 5) is 12.0. The van der Waals surface area contributed by atoms with E-state index in [-0.39, 0.29) is 12.1 Å².